The lowest BCUT2D eigenvalue weighted by Gasteiger charge is -2.09. The first kappa shape index (κ1) is 18.0. The van der Waals surface area contributed by atoms with Crippen LogP contribution in [0, 0.1) is 0 Å². The van der Waals surface area contributed by atoms with Crippen LogP contribution in [-0.2, 0) is 0 Å². The minimum atomic E-state index is -0.346. The first-order valence-corrected chi connectivity index (χ1v) is 8.21. The first-order valence-electron chi connectivity index (χ1n) is 8.21. The lowest BCUT2D eigenvalue weighted by atomic mass is 10.1. The summed E-state index contributed by atoms with van der Waals surface area (Å²) >= 11 is 0. The Kier molecular flexibility index (Phi) is 5.37. The molecule has 3 aromatic rings. The van der Waals surface area contributed by atoms with Crippen LogP contribution in [0.25, 0.3) is 0 Å². The van der Waals surface area contributed by atoms with E-state index in [1.807, 2.05) is 0 Å². The monoisotopic (exact) mass is 362 g/mol. The van der Waals surface area contributed by atoms with Crippen molar-refractivity contribution in [3.63, 3.8) is 0 Å². The number of ether oxygens (including phenoxy) is 1. The van der Waals surface area contributed by atoms with Crippen molar-refractivity contribution >= 4 is 23.2 Å². The van der Waals surface area contributed by atoms with Gasteiger partial charge in [0.1, 0.15) is 11.5 Å². The summed E-state index contributed by atoms with van der Waals surface area (Å²) in [5, 5.41) is 14.9. The van der Waals surface area contributed by atoms with E-state index in [1.54, 1.807) is 67.8 Å². The van der Waals surface area contributed by atoms with Gasteiger partial charge in [-0.25, -0.2) is 0 Å². The van der Waals surface area contributed by atoms with Crippen LogP contribution in [0.5, 0.6) is 11.5 Å². The number of anilines is 2. The Morgan fingerprint density at radius 2 is 1.37 bits per heavy atom. The summed E-state index contributed by atoms with van der Waals surface area (Å²) in [5.41, 5.74) is 1.84. The zero-order valence-corrected chi connectivity index (χ0v) is 14.6. The third-order valence-electron chi connectivity index (χ3n) is 3.84. The van der Waals surface area contributed by atoms with E-state index < -0.39 is 0 Å². The predicted molar refractivity (Wildman–Crippen MR) is 103 cm³/mol. The fraction of sp³-hybridized carbons (Fsp3) is 0.0476. The molecule has 0 bridgehead atoms. The minimum Gasteiger partial charge on any atom is -0.508 e. The summed E-state index contributed by atoms with van der Waals surface area (Å²) < 4.78 is 5.07. The molecule has 0 spiro atoms. The van der Waals surface area contributed by atoms with Crippen LogP contribution in [0.15, 0.2) is 72.8 Å². The number of methoxy groups -OCH3 is 1. The normalized spacial score (nSPS) is 10.1. The van der Waals surface area contributed by atoms with E-state index in [0.29, 0.717) is 28.3 Å². The molecule has 0 fully saturated rings. The molecule has 6 heteroatoms. The van der Waals surface area contributed by atoms with E-state index in [2.05, 4.69) is 10.6 Å². The molecule has 0 aromatic heterocycles. The molecule has 3 N–H and O–H groups in total. The number of aromatic hydroxyl groups is 1. The van der Waals surface area contributed by atoms with Crippen molar-refractivity contribution in [2.24, 2.45) is 0 Å². The van der Waals surface area contributed by atoms with Gasteiger partial charge in [0, 0.05) is 28.6 Å². The van der Waals surface area contributed by atoms with Crippen molar-refractivity contribution < 1.29 is 19.4 Å². The van der Waals surface area contributed by atoms with Crippen molar-refractivity contribution in [1.29, 1.82) is 0 Å². The van der Waals surface area contributed by atoms with Crippen molar-refractivity contribution in [1.82, 2.24) is 0 Å². The van der Waals surface area contributed by atoms with Gasteiger partial charge in [-0.3, -0.25) is 9.59 Å². The molecular formula is C21H18N2O4. The Hall–Kier alpha value is -3.80. The highest BCUT2D eigenvalue weighted by molar-refractivity contribution is 6.07. The Balaban J connectivity index is 1.70. The molecule has 0 aliphatic rings. The highest BCUT2D eigenvalue weighted by atomic mass is 16.5. The summed E-state index contributed by atoms with van der Waals surface area (Å²) in [5.74, 6) is 0.0924. The van der Waals surface area contributed by atoms with E-state index in [1.165, 1.54) is 12.1 Å². The second-order valence-electron chi connectivity index (χ2n) is 5.77. The lowest BCUT2D eigenvalue weighted by molar-refractivity contribution is 0.101. The number of rotatable bonds is 5. The Morgan fingerprint density at radius 1 is 0.778 bits per heavy atom. The van der Waals surface area contributed by atoms with Gasteiger partial charge in [0.25, 0.3) is 11.8 Å². The third-order valence-corrected chi connectivity index (χ3v) is 3.84. The van der Waals surface area contributed by atoms with Crippen molar-refractivity contribution in [3.8, 4) is 11.5 Å². The van der Waals surface area contributed by atoms with Gasteiger partial charge >= 0.3 is 0 Å². The molecular weight excluding hydrogens is 344 g/mol. The van der Waals surface area contributed by atoms with Crippen molar-refractivity contribution in [2.45, 2.75) is 0 Å². The Bertz CT molecular complexity index is 968. The summed E-state index contributed by atoms with van der Waals surface area (Å²) in [6.07, 6.45) is 0. The summed E-state index contributed by atoms with van der Waals surface area (Å²) in [7, 11) is 1.56. The van der Waals surface area contributed by atoms with Gasteiger partial charge in [-0.1, -0.05) is 12.1 Å². The number of phenolic OH excluding ortho intramolecular Hbond substituents is 1. The topological polar surface area (TPSA) is 87.7 Å². The van der Waals surface area contributed by atoms with Gasteiger partial charge in [-0.05, 0) is 54.6 Å². The van der Waals surface area contributed by atoms with Gasteiger partial charge < -0.3 is 20.5 Å². The quantitative estimate of drug-likeness (QED) is 0.642. The van der Waals surface area contributed by atoms with E-state index >= 15 is 0 Å². The molecule has 0 atom stereocenters. The average Bonchev–Trinajstić information content (AvgIpc) is 2.68. The van der Waals surface area contributed by atoms with Crippen LogP contribution in [0.4, 0.5) is 11.4 Å². The number of amides is 2. The molecule has 0 heterocycles. The van der Waals surface area contributed by atoms with Gasteiger partial charge in [-0.2, -0.15) is 0 Å². The van der Waals surface area contributed by atoms with Crippen LogP contribution < -0.4 is 15.4 Å². The number of carbonyl (C=O) groups excluding carboxylic acids is 2. The Morgan fingerprint density at radius 3 is 2.00 bits per heavy atom. The van der Waals surface area contributed by atoms with Crippen molar-refractivity contribution in [2.75, 3.05) is 17.7 Å². The highest BCUT2D eigenvalue weighted by Crippen LogP contribution is 2.18. The second kappa shape index (κ2) is 8.05. The zero-order valence-electron chi connectivity index (χ0n) is 14.6. The van der Waals surface area contributed by atoms with Crippen LogP contribution in [0.2, 0.25) is 0 Å². The lowest BCUT2D eigenvalue weighted by Crippen LogP contribution is -2.14. The van der Waals surface area contributed by atoms with Crippen LogP contribution in [-0.4, -0.2) is 24.0 Å². The Labute approximate surface area is 156 Å². The highest BCUT2D eigenvalue weighted by Gasteiger charge is 2.10. The standard InChI is InChI=1S/C21H18N2O4/c1-27-19-10-8-14(9-11-19)20(25)22-16-5-2-4-15(12-16)21(26)23-17-6-3-7-18(24)13-17/h2-13,24H,1H3,(H,22,25)(H,23,26). The van der Waals surface area contributed by atoms with Gasteiger partial charge in [-0.15, -0.1) is 0 Å². The molecule has 0 saturated carbocycles. The zero-order chi connectivity index (χ0) is 19.2. The molecule has 3 rings (SSSR count). The third kappa shape index (κ3) is 4.64. The molecule has 0 aliphatic carbocycles. The molecule has 0 aliphatic heterocycles. The largest absolute Gasteiger partial charge is 0.508 e. The van der Waals surface area contributed by atoms with Crippen molar-refractivity contribution in [3.05, 3.63) is 83.9 Å². The molecule has 6 nitrogen and oxygen atoms in total. The molecule has 2 amide bonds. The first-order chi connectivity index (χ1) is 13.0. The fourth-order valence-electron chi connectivity index (χ4n) is 2.47. The maximum Gasteiger partial charge on any atom is 0.255 e. The van der Waals surface area contributed by atoms with Crippen LogP contribution in [0.3, 0.4) is 0 Å². The maximum atomic E-state index is 12.4. The molecule has 136 valence electrons. The van der Waals surface area contributed by atoms with Gasteiger partial charge in [0.2, 0.25) is 0 Å². The minimum absolute atomic E-state index is 0.0632. The second-order valence-corrected chi connectivity index (χ2v) is 5.77. The predicted octanol–water partition coefficient (Wildman–Crippen LogP) is 3.91. The number of phenols is 1. The summed E-state index contributed by atoms with van der Waals surface area (Å²) in [6, 6.07) is 19.6. The number of carbonyl (C=O) groups is 2. The molecule has 3 aromatic carbocycles. The van der Waals surface area contributed by atoms with Crippen LogP contribution >= 0.6 is 0 Å². The fourth-order valence-corrected chi connectivity index (χ4v) is 2.47. The summed E-state index contributed by atoms with van der Waals surface area (Å²) in [6.45, 7) is 0. The summed E-state index contributed by atoms with van der Waals surface area (Å²) in [4.78, 5) is 24.7. The van der Waals surface area contributed by atoms with E-state index in [-0.39, 0.29) is 17.6 Å². The number of hydrogen-bond acceptors (Lipinski definition) is 4. The molecule has 0 saturated heterocycles. The number of nitrogens with one attached hydrogen (secondary N) is 2. The molecule has 0 unspecified atom stereocenters. The van der Waals surface area contributed by atoms with E-state index in [0.717, 1.165) is 0 Å². The molecule has 27 heavy (non-hydrogen) atoms. The smallest absolute Gasteiger partial charge is 0.255 e. The SMILES string of the molecule is COc1ccc(C(=O)Nc2cccc(C(=O)Nc3cccc(O)c3)c2)cc1. The van der Waals surface area contributed by atoms with E-state index in [4.69, 9.17) is 4.74 Å². The molecule has 0 radical (unpaired) electrons. The average molecular weight is 362 g/mol. The number of benzene rings is 3. The number of hydrogen-bond donors (Lipinski definition) is 3. The van der Waals surface area contributed by atoms with E-state index in [9.17, 15) is 14.7 Å². The van der Waals surface area contributed by atoms with Gasteiger partial charge in [0.15, 0.2) is 0 Å². The maximum absolute atomic E-state index is 12.4. The van der Waals surface area contributed by atoms with Gasteiger partial charge in [0.05, 0.1) is 7.11 Å². The van der Waals surface area contributed by atoms with Crippen LogP contribution in [0.1, 0.15) is 20.7 Å².